The van der Waals surface area contributed by atoms with Gasteiger partial charge in [-0.3, -0.25) is 0 Å². The summed E-state index contributed by atoms with van der Waals surface area (Å²) in [5, 5.41) is 0. The summed E-state index contributed by atoms with van der Waals surface area (Å²) >= 11 is 5.75. The number of rotatable bonds is 4. The molecule has 0 fully saturated rings. The van der Waals surface area contributed by atoms with Gasteiger partial charge in [0.25, 0.3) is 0 Å². The average Bonchev–Trinajstić information content (AvgIpc) is 2.68. The van der Waals surface area contributed by atoms with E-state index in [-0.39, 0.29) is 0 Å². The summed E-state index contributed by atoms with van der Waals surface area (Å²) < 4.78 is 2.26. The van der Waals surface area contributed by atoms with Crippen LogP contribution in [-0.2, 0) is 13.0 Å². The Morgan fingerprint density at radius 2 is 2.18 bits per heavy atom. The fourth-order valence-corrected chi connectivity index (χ4v) is 2.07. The van der Waals surface area contributed by atoms with Crippen molar-refractivity contribution in [3.05, 3.63) is 41.2 Å². The van der Waals surface area contributed by atoms with Gasteiger partial charge in [0.15, 0.2) is 0 Å². The number of hydrogen-bond donors (Lipinski definition) is 0. The van der Waals surface area contributed by atoms with Crippen LogP contribution < -0.4 is 0 Å². The van der Waals surface area contributed by atoms with Crippen molar-refractivity contribution < 1.29 is 0 Å². The zero-order valence-electron chi connectivity index (χ0n) is 10.3. The van der Waals surface area contributed by atoms with Gasteiger partial charge in [-0.2, -0.15) is 0 Å². The minimum atomic E-state index is 0.819. The molecular weight excluding hydrogens is 232 g/mol. The molecule has 0 spiro atoms. The molecule has 90 valence electrons. The average molecular weight is 249 g/mol. The van der Waals surface area contributed by atoms with E-state index < -0.39 is 0 Å². The Morgan fingerprint density at radius 3 is 2.88 bits per heavy atom. The molecule has 0 aliphatic rings. The minimum absolute atomic E-state index is 0.819. The number of imidazole rings is 1. The summed E-state index contributed by atoms with van der Waals surface area (Å²) in [5.74, 6) is 1.14. The largest absolute Gasteiger partial charge is 0.324 e. The molecule has 0 aliphatic carbocycles. The van der Waals surface area contributed by atoms with Crippen molar-refractivity contribution in [2.45, 2.75) is 33.2 Å². The first-order chi connectivity index (χ1) is 8.26. The topological polar surface area (TPSA) is 17.8 Å². The monoisotopic (exact) mass is 248 g/mol. The first-order valence-electron chi connectivity index (χ1n) is 5.96. The van der Waals surface area contributed by atoms with Crippen LogP contribution in [0.4, 0.5) is 0 Å². The van der Waals surface area contributed by atoms with Gasteiger partial charge in [0.05, 0.1) is 11.0 Å². The van der Waals surface area contributed by atoms with Crippen LogP contribution in [-0.4, -0.2) is 9.55 Å². The Hall–Kier alpha value is -1.28. The lowest BCUT2D eigenvalue weighted by molar-refractivity contribution is 0.715. The lowest BCUT2D eigenvalue weighted by Crippen LogP contribution is -2.04. The smallest absolute Gasteiger partial charge is 0.110 e. The van der Waals surface area contributed by atoms with Gasteiger partial charge in [-0.05, 0) is 31.1 Å². The number of aromatic nitrogens is 2. The molecule has 0 amide bonds. The zero-order chi connectivity index (χ0) is 12.3. The Balaban J connectivity index is 2.51. The highest BCUT2D eigenvalue weighted by molar-refractivity contribution is 6.25. The molecule has 1 aromatic carbocycles. The number of fused-ring (bicyclic) bond motifs is 1. The van der Waals surface area contributed by atoms with Gasteiger partial charge < -0.3 is 4.57 Å². The van der Waals surface area contributed by atoms with E-state index in [1.165, 1.54) is 5.52 Å². The quantitative estimate of drug-likeness (QED) is 0.796. The van der Waals surface area contributed by atoms with E-state index in [4.69, 9.17) is 11.6 Å². The van der Waals surface area contributed by atoms with Crippen molar-refractivity contribution in [3.8, 4) is 0 Å². The number of hydrogen-bond acceptors (Lipinski definition) is 1. The van der Waals surface area contributed by atoms with Gasteiger partial charge in [0.1, 0.15) is 5.82 Å². The third-order valence-corrected chi connectivity index (χ3v) is 3.17. The summed E-state index contributed by atoms with van der Waals surface area (Å²) in [6.45, 7) is 5.03. The van der Waals surface area contributed by atoms with Crippen LogP contribution in [0.25, 0.3) is 11.0 Å². The molecule has 1 aromatic heterocycles. The van der Waals surface area contributed by atoms with E-state index in [1.807, 2.05) is 13.0 Å². The maximum atomic E-state index is 5.75. The number of para-hydroxylation sites is 2. The van der Waals surface area contributed by atoms with Crippen molar-refractivity contribution in [2.24, 2.45) is 0 Å². The SMILES string of the molecule is CCCc1nc2ccccc2n1C/C(C)=C/Cl. The van der Waals surface area contributed by atoms with E-state index in [0.29, 0.717) is 0 Å². The summed E-state index contributed by atoms with van der Waals surface area (Å²) in [4.78, 5) is 4.68. The zero-order valence-corrected chi connectivity index (χ0v) is 11.0. The van der Waals surface area contributed by atoms with Crippen LogP contribution in [0.5, 0.6) is 0 Å². The Bertz CT molecular complexity index is 540. The van der Waals surface area contributed by atoms with Gasteiger partial charge in [-0.25, -0.2) is 4.98 Å². The number of aryl methyl sites for hydroxylation is 1. The second-order valence-electron chi connectivity index (χ2n) is 4.31. The van der Waals surface area contributed by atoms with Crippen molar-refractivity contribution in [1.82, 2.24) is 9.55 Å². The van der Waals surface area contributed by atoms with E-state index in [9.17, 15) is 0 Å². The molecule has 0 aliphatic heterocycles. The molecule has 0 saturated carbocycles. The highest BCUT2D eigenvalue weighted by Gasteiger charge is 2.09. The Morgan fingerprint density at radius 1 is 1.41 bits per heavy atom. The van der Waals surface area contributed by atoms with Gasteiger partial charge in [0, 0.05) is 18.5 Å². The number of allylic oxidation sites excluding steroid dienone is 1. The summed E-state index contributed by atoms with van der Waals surface area (Å²) in [7, 11) is 0. The molecule has 2 nitrogen and oxygen atoms in total. The molecule has 0 saturated heterocycles. The Kier molecular flexibility index (Phi) is 3.85. The van der Waals surface area contributed by atoms with Crippen molar-refractivity contribution in [2.75, 3.05) is 0 Å². The van der Waals surface area contributed by atoms with Crippen LogP contribution >= 0.6 is 11.6 Å². The molecule has 0 bridgehead atoms. The number of halogens is 1. The van der Waals surface area contributed by atoms with Gasteiger partial charge in [-0.1, -0.05) is 30.7 Å². The number of nitrogens with zero attached hydrogens (tertiary/aromatic N) is 2. The maximum Gasteiger partial charge on any atom is 0.110 e. The van der Waals surface area contributed by atoms with E-state index in [2.05, 4.69) is 34.7 Å². The molecule has 0 N–H and O–H groups in total. The second kappa shape index (κ2) is 5.37. The van der Waals surface area contributed by atoms with Crippen molar-refractivity contribution >= 4 is 22.6 Å². The fourth-order valence-electron chi connectivity index (χ4n) is 2.00. The highest BCUT2D eigenvalue weighted by atomic mass is 35.5. The van der Waals surface area contributed by atoms with Crippen LogP contribution in [0.15, 0.2) is 35.4 Å². The molecule has 2 rings (SSSR count). The molecule has 0 unspecified atom stereocenters. The molecule has 17 heavy (non-hydrogen) atoms. The van der Waals surface area contributed by atoms with E-state index in [0.717, 1.165) is 36.3 Å². The minimum Gasteiger partial charge on any atom is -0.324 e. The van der Waals surface area contributed by atoms with Crippen molar-refractivity contribution in [3.63, 3.8) is 0 Å². The third-order valence-electron chi connectivity index (χ3n) is 2.80. The van der Waals surface area contributed by atoms with Crippen LogP contribution in [0, 0.1) is 0 Å². The van der Waals surface area contributed by atoms with Gasteiger partial charge >= 0.3 is 0 Å². The summed E-state index contributed by atoms with van der Waals surface area (Å²) in [6.07, 6.45) is 2.11. The standard InChI is InChI=1S/C14H17ClN2/c1-3-6-14-16-12-7-4-5-8-13(12)17(14)10-11(2)9-15/h4-5,7-9H,3,6,10H2,1-2H3/b11-9+. The van der Waals surface area contributed by atoms with Crippen LogP contribution in [0.2, 0.25) is 0 Å². The number of benzene rings is 1. The molecule has 2 aromatic rings. The first kappa shape index (κ1) is 12.2. The lowest BCUT2D eigenvalue weighted by atomic mass is 10.3. The van der Waals surface area contributed by atoms with Crippen molar-refractivity contribution in [1.29, 1.82) is 0 Å². The highest BCUT2D eigenvalue weighted by Crippen LogP contribution is 2.18. The molecule has 0 atom stereocenters. The van der Waals surface area contributed by atoms with E-state index >= 15 is 0 Å². The second-order valence-corrected chi connectivity index (χ2v) is 4.53. The lowest BCUT2D eigenvalue weighted by Gasteiger charge is -2.08. The van der Waals surface area contributed by atoms with E-state index in [1.54, 1.807) is 5.54 Å². The fraction of sp³-hybridized carbons (Fsp3) is 0.357. The predicted molar refractivity (Wildman–Crippen MR) is 73.3 cm³/mol. The summed E-state index contributed by atoms with van der Waals surface area (Å²) in [6, 6.07) is 8.25. The predicted octanol–water partition coefficient (Wildman–Crippen LogP) is 4.13. The summed E-state index contributed by atoms with van der Waals surface area (Å²) in [5.41, 5.74) is 5.05. The molecule has 3 heteroatoms. The molecule has 1 heterocycles. The van der Waals surface area contributed by atoms with Gasteiger partial charge in [-0.15, -0.1) is 0 Å². The van der Waals surface area contributed by atoms with Crippen LogP contribution in [0.3, 0.4) is 0 Å². The maximum absolute atomic E-state index is 5.75. The molecule has 0 radical (unpaired) electrons. The first-order valence-corrected chi connectivity index (χ1v) is 6.40. The van der Waals surface area contributed by atoms with Crippen LogP contribution in [0.1, 0.15) is 26.1 Å². The molecular formula is C14H17ClN2. The normalized spacial score (nSPS) is 12.3. The third kappa shape index (κ3) is 2.52. The Labute approximate surface area is 107 Å². The van der Waals surface area contributed by atoms with Gasteiger partial charge in [0.2, 0.25) is 0 Å².